The third kappa shape index (κ3) is 2.73. The number of methoxy groups -OCH3 is 1. The number of ether oxygens (including phenoxy) is 1. The van der Waals surface area contributed by atoms with Crippen LogP contribution in [0, 0.1) is 0 Å². The molecule has 5 nitrogen and oxygen atoms in total. The predicted molar refractivity (Wildman–Crippen MR) is 106 cm³/mol. The maximum atomic E-state index is 11.8. The molecule has 5 atom stereocenters. The van der Waals surface area contributed by atoms with Crippen molar-refractivity contribution in [3.05, 3.63) is 70.2 Å². The van der Waals surface area contributed by atoms with Crippen LogP contribution in [0.2, 0.25) is 0 Å². The number of aliphatic hydroxyl groups is 2. The van der Waals surface area contributed by atoms with E-state index in [1.165, 1.54) is 5.56 Å². The van der Waals surface area contributed by atoms with Crippen LogP contribution >= 0.6 is 0 Å². The number of benzene rings is 2. The molecule has 146 valence electrons. The SMILES string of the molecule is COC(Cc1ccccc1)C1(O)N=c2cccc3c2=C1C[C@H]1NC[C@H](O)CC31. The van der Waals surface area contributed by atoms with Crippen LogP contribution in [0.1, 0.15) is 29.9 Å². The highest BCUT2D eigenvalue weighted by Crippen LogP contribution is 2.40. The highest BCUT2D eigenvalue weighted by atomic mass is 16.5. The Hall–Kier alpha value is -2.05. The fourth-order valence-corrected chi connectivity index (χ4v) is 5.21. The van der Waals surface area contributed by atoms with Crippen LogP contribution < -0.4 is 15.9 Å². The maximum absolute atomic E-state index is 11.8. The van der Waals surface area contributed by atoms with E-state index in [1.54, 1.807) is 7.11 Å². The van der Waals surface area contributed by atoms with Gasteiger partial charge in [-0.2, -0.15) is 0 Å². The number of β-amino-alcohol motifs (C(OH)–C–C–N with tert-alkyl or cyclic N) is 1. The molecule has 3 aliphatic rings. The molecule has 2 aliphatic heterocycles. The minimum absolute atomic E-state index is 0.204. The molecule has 1 aliphatic carbocycles. The maximum Gasteiger partial charge on any atom is 0.206 e. The predicted octanol–water partition coefficient (Wildman–Crippen LogP) is 0.627. The molecule has 2 aromatic rings. The van der Waals surface area contributed by atoms with Gasteiger partial charge in [0.05, 0.1) is 11.5 Å². The zero-order valence-corrected chi connectivity index (χ0v) is 16.0. The zero-order valence-electron chi connectivity index (χ0n) is 16.0. The Bertz CT molecular complexity index is 1010. The lowest BCUT2D eigenvalue weighted by Crippen LogP contribution is -2.53. The van der Waals surface area contributed by atoms with Gasteiger partial charge in [0.15, 0.2) is 0 Å². The van der Waals surface area contributed by atoms with Gasteiger partial charge in [0.1, 0.15) is 6.10 Å². The lowest BCUT2D eigenvalue weighted by atomic mass is 9.73. The van der Waals surface area contributed by atoms with E-state index in [0.717, 1.165) is 34.6 Å². The van der Waals surface area contributed by atoms with E-state index < -0.39 is 11.8 Å². The van der Waals surface area contributed by atoms with Gasteiger partial charge in [-0.05, 0) is 35.6 Å². The second-order valence-corrected chi connectivity index (χ2v) is 8.19. The summed E-state index contributed by atoms with van der Waals surface area (Å²) in [7, 11) is 1.65. The van der Waals surface area contributed by atoms with Crippen molar-refractivity contribution < 1.29 is 14.9 Å². The van der Waals surface area contributed by atoms with Crippen molar-refractivity contribution in [1.82, 2.24) is 5.32 Å². The molecule has 0 saturated carbocycles. The molecular weight excluding hydrogens is 352 g/mol. The highest BCUT2D eigenvalue weighted by molar-refractivity contribution is 5.62. The molecule has 1 saturated heterocycles. The molecule has 2 heterocycles. The third-order valence-corrected chi connectivity index (χ3v) is 6.56. The minimum Gasteiger partial charge on any atom is -0.392 e. The number of aliphatic hydroxyl groups excluding tert-OH is 1. The third-order valence-electron chi connectivity index (χ3n) is 6.56. The summed E-state index contributed by atoms with van der Waals surface area (Å²) in [5.74, 6) is 0.245. The van der Waals surface area contributed by atoms with Gasteiger partial charge in [0.25, 0.3) is 0 Å². The van der Waals surface area contributed by atoms with Crippen LogP contribution in [0.3, 0.4) is 0 Å². The van der Waals surface area contributed by atoms with Gasteiger partial charge < -0.3 is 20.3 Å². The molecular formula is C23H26N2O3. The largest absolute Gasteiger partial charge is 0.392 e. The number of nitrogens with one attached hydrogen (secondary N) is 1. The number of piperidine rings is 1. The number of hydrogen-bond donors (Lipinski definition) is 3. The first-order chi connectivity index (χ1) is 13.6. The lowest BCUT2D eigenvalue weighted by Gasteiger charge is -2.41. The van der Waals surface area contributed by atoms with Crippen LogP contribution in [0.25, 0.3) is 5.57 Å². The van der Waals surface area contributed by atoms with Crippen molar-refractivity contribution in [2.75, 3.05) is 13.7 Å². The second kappa shape index (κ2) is 6.78. The first-order valence-corrected chi connectivity index (χ1v) is 10.0. The number of hydrogen-bond acceptors (Lipinski definition) is 5. The van der Waals surface area contributed by atoms with E-state index in [1.807, 2.05) is 30.3 Å². The topological polar surface area (TPSA) is 74.1 Å². The average Bonchev–Trinajstić information content (AvgIpc) is 3.01. The molecule has 0 radical (unpaired) electrons. The Morgan fingerprint density at radius 1 is 1.21 bits per heavy atom. The van der Waals surface area contributed by atoms with Crippen molar-refractivity contribution in [1.29, 1.82) is 0 Å². The molecule has 28 heavy (non-hydrogen) atoms. The van der Waals surface area contributed by atoms with Crippen molar-refractivity contribution in [2.24, 2.45) is 4.99 Å². The van der Waals surface area contributed by atoms with Gasteiger partial charge >= 0.3 is 0 Å². The van der Waals surface area contributed by atoms with Crippen LogP contribution in [-0.4, -0.2) is 47.8 Å². The van der Waals surface area contributed by atoms with Gasteiger partial charge in [0.2, 0.25) is 5.72 Å². The first-order valence-electron chi connectivity index (χ1n) is 10.0. The van der Waals surface area contributed by atoms with Crippen LogP contribution in [-0.2, 0) is 11.2 Å². The van der Waals surface area contributed by atoms with Gasteiger partial charge in [0, 0.05) is 37.3 Å². The van der Waals surface area contributed by atoms with Crippen LogP contribution in [0.15, 0.2) is 53.5 Å². The summed E-state index contributed by atoms with van der Waals surface area (Å²) in [6, 6.07) is 16.4. The quantitative estimate of drug-likeness (QED) is 0.730. The molecule has 1 fully saturated rings. The number of fused-ring (bicyclic) bond motifs is 2. The van der Waals surface area contributed by atoms with Gasteiger partial charge in [-0.1, -0.05) is 42.5 Å². The summed E-state index contributed by atoms with van der Waals surface area (Å²) in [6.07, 6.45) is 1.26. The zero-order chi connectivity index (χ0) is 19.3. The Balaban J connectivity index is 1.61. The van der Waals surface area contributed by atoms with E-state index in [4.69, 9.17) is 9.73 Å². The molecule has 0 amide bonds. The molecule has 5 heteroatoms. The van der Waals surface area contributed by atoms with Crippen LogP contribution in [0.4, 0.5) is 0 Å². The van der Waals surface area contributed by atoms with Crippen LogP contribution in [0.5, 0.6) is 0 Å². The summed E-state index contributed by atoms with van der Waals surface area (Å²) >= 11 is 0. The van der Waals surface area contributed by atoms with E-state index in [9.17, 15) is 10.2 Å². The standard InChI is InChI=1S/C23H26N2O3/c1-28-21(10-14-6-3-2-4-7-14)23(27)18-12-20-17(11-15(26)13-24-20)16-8-5-9-19(25-23)22(16)18/h2-9,15,17,20-21,24,26-27H,10-13H2,1H3/t15-,17?,20-,21?,23?/m1/s1. The van der Waals surface area contributed by atoms with Gasteiger partial charge in [-0.15, -0.1) is 0 Å². The average molecular weight is 378 g/mol. The van der Waals surface area contributed by atoms with Gasteiger partial charge in [-0.3, -0.25) is 0 Å². The monoisotopic (exact) mass is 378 g/mol. The molecule has 3 N–H and O–H groups in total. The van der Waals surface area contributed by atoms with Crippen molar-refractivity contribution >= 4 is 5.57 Å². The van der Waals surface area contributed by atoms with Crippen molar-refractivity contribution in [3.8, 4) is 0 Å². The Kier molecular flexibility index (Phi) is 4.36. The fourth-order valence-electron chi connectivity index (χ4n) is 5.21. The molecule has 5 rings (SSSR count). The summed E-state index contributed by atoms with van der Waals surface area (Å²) in [5.41, 5.74) is 1.88. The molecule has 0 bridgehead atoms. The lowest BCUT2D eigenvalue weighted by molar-refractivity contribution is -0.0526. The number of nitrogens with zero attached hydrogens (tertiary/aromatic N) is 1. The first kappa shape index (κ1) is 18.0. The summed E-state index contributed by atoms with van der Waals surface area (Å²) < 4.78 is 5.80. The molecule has 0 aromatic heterocycles. The highest BCUT2D eigenvalue weighted by Gasteiger charge is 2.48. The Labute approximate surface area is 164 Å². The molecule has 0 spiro atoms. The fraction of sp³-hybridized carbons (Fsp3) is 0.435. The number of rotatable bonds is 4. The second-order valence-electron chi connectivity index (χ2n) is 8.19. The molecule has 2 aromatic carbocycles. The Morgan fingerprint density at radius 2 is 2.04 bits per heavy atom. The summed E-state index contributed by atoms with van der Waals surface area (Å²) in [6.45, 7) is 0.594. The van der Waals surface area contributed by atoms with Crippen molar-refractivity contribution in [3.63, 3.8) is 0 Å². The smallest absolute Gasteiger partial charge is 0.206 e. The van der Waals surface area contributed by atoms with E-state index in [0.29, 0.717) is 13.0 Å². The Morgan fingerprint density at radius 3 is 2.82 bits per heavy atom. The van der Waals surface area contributed by atoms with E-state index >= 15 is 0 Å². The van der Waals surface area contributed by atoms with E-state index in [-0.39, 0.29) is 18.1 Å². The normalized spacial score (nSPS) is 31.7. The van der Waals surface area contributed by atoms with Crippen molar-refractivity contribution in [2.45, 2.75) is 49.2 Å². The van der Waals surface area contributed by atoms with E-state index in [2.05, 4.69) is 23.5 Å². The summed E-state index contributed by atoms with van der Waals surface area (Å²) in [5, 5.41) is 27.3. The summed E-state index contributed by atoms with van der Waals surface area (Å²) in [4.78, 5) is 4.78. The minimum atomic E-state index is -1.37. The molecule has 3 unspecified atom stereocenters. The van der Waals surface area contributed by atoms with Gasteiger partial charge in [-0.25, -0.2) is 4.99 Å².